The second-order valence-electron chi connectivity index (χ2n) is 2.13. The zero-order valence-electron chi connectivity index (χ0n) is 6.44. The molecule has 3 N–H and O–H groups in total. The number of aromatic nitrogens is 1. The van der Waals surface area contributed by atoms with Crippen LogP contribution < -0.4 is 10.5 Å². The Hall–Kier alpha value is -1.78. The van der Waals surface area contributed by atoms with Gasteiger partial charge in [0.05, 0.1) is 7.11 Å². The Kier molecular flexibility index (Phi) is 2.14. The van der Waals surface area contributed by atoms with Crippen molar-refractivity contribution in [3.8, 4) is 5.88 Å². The quantitative estimate of drug-likeness (QED) is 0.666. The normalized spacial score (nSPS) is 9.42. The van der Waals surface area contributed by atoms with Crippen molar-refractivity contribution >= 4 is 11.7 Å². The molecule has 0 unspecified atom stereocenters. The molecule has 1 aromatic rings. The van der Waals surface area contributed by atoms with Crippen LogP contribution in [0, 0.1) is 0 Å². The van der Waals surface area contributed by atoms with Crippen LogP contribution in [0.25, 0.3) is 0 Å². The van der Waals surface area contributed by atoms with Crippen LogP contribution in [0.1, 0.15) is 10.5 Å². The second-order valence-corrected chi connectivity index (χ2v) is 2.13. The molecule has 0 bridgehead atoms. The predicted molar refractivity (Wildman–Crippen MR) is 42.2 cm³/mol. The molecule has 0 fully saturated rings. The van der Waals surface area contributed by atoms with Crippen LogP contribution in [-0.2, 0) is 0 Å². The molecular formula is C7H8N2O3. The maximum absolute atomic E-state index is 10.4. The second kappa shape index (κ2) is 3.08. The molecule has 12 heavy (non-hydrogen) atoms. The molecule has 0 radical (unpaired) electrons. The number of hydrogen-bond donors (Lipinski definition) is 2. The van der Waals surface area contributed by atoms with Crippen molar-refractivity contribution in [2.45, 2.75) is 0 Å². The lowest BCUT2D eigenvalue weighted by Gasteiger charge is -2.01. The van der Waals surface area contributed by atoms with E-state index in [0.29, 0.717) is 5.69 Å². The summed E-state index contributed by atoms with van der Waals surface area (Å²) in [6.07, 6.45) is 0. The van der Waals surface area contributed by atoms with E-state index in [0.717, 1.165) is 0 Å². The fourth-order valence-electron chi connectivity index (χ4n) is 0.740. The highest BCUT2D eigenvalue weighted by atomic mass is 16.5. The first kappa shape index (κ1) is 8.32. The summed E-state index contributed by atoms with van der Waals surface area (Å²) in [7, 11) is 1.40. The van der Waals surface area contributed by atoms with E-state index in [1.54, 1.807) is 0 Å². The molecule has 0 saturated carbocycles. The highest BCUT2D eigenvalue weighted by Crippen LogP contribution is 2.13. The van der Waals surface area contributed by atoms with E-state index in [1.165, 1.54) is 19.2 Å². The standard InChI is InChI=1S/C7H8N2O3/c1-12-6-3-4(8)2-5(9-6)7(10)11/h2-3H,1H3,(H2,8,9)(H,10,11). The van der Waals surface area contributed by atoms with Gasteiger partial charge < -0.3 is 15.6 Å². The molecule has 0 aromatic carbocycles. The molecule has 0 aliphatic rings. The lowest BCUT2D eigenvalue weighted by Crippen LogP contribution is -2.03. The molecule has 5 heteroatoms. The van der Waals surface area contributed by atoms with Crippen molar-refractivity contribution in [1.29, 1.82) is 0 Å². The van der Waals surface area contributed by atoms with Crippen LogP contribution in [0.5, 0.6) is 5.88 Å². The highest BCUT2D eigenvalue weighted by molar-refractivity contribution is 5.86. The van der Waals surface area contributed by atoms with Crippen LogP contribution in [0.15, 0.2) is 12.1 Å². The summed E-state index contributed by atoms with van der Waals surface area (Å²) in [6.45, 7) is 0. The van der Waals surface area contributed by atoms with E-state index in [-0.39, 0.29) is 11.6 Å². The van der Waals surface area contributed by atoms with E-state index >= 15 is 0 Å². The first-order valence-corrected chi connectivity index (χ1v) is 3.18. The van der Waals surface area contributed by atoms with Gasteiger partial charge in [0.1, 0.15) is 0 Å². The maximum atomic E-state index is 10.4. The summed E-state index contributed by atoms with van der Waals surface area (Å²) in [5.74, 6) is -0.923. The van der Waals surface area contributed by atoms with Gasteiger partial charge in [-0.15, -0.1) is 0 Å². The van der Waals surface area contributed by atoms with E-state index < -0.39 is 5.97 Å². The smallest absolute Gasteiger partial charge is 0.354 e. The van der Waals surface area contributed by atoms with Gasteiger partial charge in [-0.1, -0.05) is 0 Å². The number of nitrogens with two attached hydrogens (primary N) is 1. The molecule has 0 amide bonds. The Balaban J connectivity index is 3.15. The Morgan fingerprint density at radius 2 is 2.33 bits per heavy atom. The van der Waals surface area contributed by atoms with Gasteiger partial charge in [-0.05, 0) is 6.07 Å². The predicted octanol–water partition coefficient (Wildman–Crippen LogP) is 0.371. The maximum Gasteiger partial charge on any atom is 0.354 e. The van der Waals surface area contributed by atoms with Crippen LogP contribution in [0.4, 0.5) is 5.69 Å². The lowest BCUT2D eigenvalue weighted by molar-refractivity contribution is 0.0689. The van der Waals surface area contributed by atoms with Crippen LogP contribution in [0.2, 0.25) is 0 Å². The monoisotopic (exact) mass is 168 g/mol. The van der Waals surface area contributed by atoms with Gasteiger partial charge in [0.15, 0.2) is 5.69 Å². The van der Waals surface area contributed by atoms with Gasteiger partial charge in [0.25, 0.3) is 0 Å². The first-order valence-electron chi connectivity index (χ1n) is 3.18. The number of aromatic carboxylic acids is 1. The third kappa shape index (κ3) is 1.63. The minimum atomic E-state index is -1.12. The molecular weight excluding hydrogens is 160 g/mol. The summed E-state index contributed by atoms with van der Waals surface area (Å²) in [5.41, 5.74) is 5.59. The van der Waals surface area contributed by atoms with Crippen LogP contribution in [0.3, 0.4) is 0 Å². The number of carbonyl (C=O) groups is 1. The average Bonchev–Trinajstić information content (AvgIpc) is 2.03. The van der Waals surface area contributed by atoms with Gasteiger partial charge in [0.2, 0.25) is 5.88 Å². The summed E-state index contributed by atoms with van der Waals surface area (Å²) in [4.78, 5) is 14.1. The van der Waals surface area contributed by atoms with Crippen molar-refractivity contribution in [2.75, 3.05) is 12.8 Å². The fourth-order valence-corrected chi connectivity index (χ4v) is 0.740. The molecule has 1 heterocycles. The number of carboxylic acids is 1. The topological polar surface area (TPSA) is 85.4 Å². The first-order chi connectivity index (χ1) is 5.63. The molecule has 0 saturated heterocycles. The fraction of sp³-hybridized carbons (Fsp3) is 0.143. The number of ether oxygens (including phenoxy) is 1. The molecule has 1 aromatic heterocycles. The highest BCUT2D eigenvalue weighted by Gasteiger charge is 2.07. The van der Waals surface area contributed by atoms with Crippen molar-refractivity contribution in [1.82, 2.24) is 4.98 Å². The van der Waals surface area contributed by atoms with E-state index in [9.17, 15) is 4.79 Å². The van der Waals surface area contributed by atoms with Crippen molar-refractivity contribution < 1.29 is 14.6 Å². The molecule has 0 atom stereocenters. The third-order valence-electron chi connectivity index (χ3n) is 1.25. The number of rotatable bonds is 2. The van der Waals surface area contributed by atoms with Crippen molar-refractivity contribution in [2.24, 2.45) is 0 Å². The molecule has 5 nitrogen and oxygen atoms in total. The van der Waals surface area contributed by atoms with E-state index in [1.807, 2.05) is 0 Å². The Labute approximate surface area is 68.8 Å². The minimum Gasteiger partial charge on any atom is -0.481 e. The molecule has 0 spiro atoms. The van der Waals surface area contributed by atoms with Crippen LogP contribution >= 0.6 is 0 Å². The zero-order valence-corrected chi connectivity index (χ0v) is 6.44. The van der Waals surface area contributed by atoms with Crippen molar-refractivity contribution in [3.05, 3.63) is 17.8 Å². The average molecular weight is 168 g/mol. The Morgan fingerprint density at radius 1 is 1.67 bits per heavy atom. The molecule has 0 aliphatic heterocycles. The number of hydrogen-bond acceptors (Lipinski definition) is 4. The van der Waals surface area contributed by atoms with Gasteiger partial charge >= 0.3 is 5.97 Å². The van der Waals surface area contributed by atoms with E-state index in [2.05, 4.69) is 4.98 Å². The number of methoxy groups -OCH3 is 1. The zero-order chi connectivity index (χ0) is 9.14. The molecule has 64 valence electrons. The number of pyridine rings is 1. The third-order valence-corrected chi connectivity index (χ3v) is 1.25. The largest absolute Gasteiger partial charge is 0.481 e. The minimum absolute atomic E-state index is 0.119. The SMILES string of the molecule is COc1cc(N)cc(C(=O)O)n1. The number of carboxylic acid groups (broad SMARTS) is 1. The van der Waals surface area contributed by atoms with E-state index in [4.69, 9.17) is 15.6 Å². The number of nitrogens with zero attached hydrogens (tertiary/aromatic N) is 1. The summed E-state index contributed by atoms with van der Waals surface area (Å²) in [5, 5.41) is 8.56. The Morgan fingerprint density at radius 3 is 2.83 bits per heavy atom. The van der Waals surface area contributed by atoms with Crippen LogP contribution in [-0.4, -0.2) is 23.2 Å². The Bertz CT molecular complexity index is 312. The summed E-state index contributed by atoms with van der Waals surface area (Å²) >= 11 is 0. The number of nitrogen functional groups attached to an aromatic ring is 1. The summed E-state index contributed by atoms with van der Waals surface area (Å²) < 4.78 is 4.73. The lowest BCUT2D eigenvalue weighted by atomic mass is 10.3. The number of anilines is 1. The van der Waals surface area contributed by atoms with Gasteiger partial charge in [-0.25, -0.2) is 9.78 Å². The van der Waals surface area contributed by atoms with Gasteiger partial charge in [0, 0.05) is 11.8 Å². The van der Waals surface area contributed by atoms with Crippen molar-refractivity contribution in [3.63, 3.8) is 0 Å². The molecule has 1 rings (SSSR count). The van der Waals surface area contributed by atoms with Gasteiger partial charge in [-0.2, -0.15) is 0 Å². The molecule has 0 aliphatic carbocycles. The van der Waals surface area contributed by atoms with Gasteiger partial charge in [-0.3, -0.25) is 0 Å². The summed E-state index contributed by atoms with van der Waals surface area (Å²) in [6, 6.07) is 2.72.